The molecule has 2 atom stereocenters. The maximum atomic E-state index is 12.8. The third-order valence-corrected chi connectivity index (χ3v) is 7.03. The van der Waals surface area contributed by atoms with E-state index in [1.807, 2.05) is 26.0 Å². The van der Waals surface area contributed by atoms with E-state index >= 15 is 0 Å². The van der Waals surface area contributed by atoms with Crippen LogP contribution in [0.25, 0.3) is 0 Å². The van der Waals surface area contributed by atoms with E-state index < -0.39 is 6.29 Å². The Bertz CT molecular complexity index is 736. The Morgan fingerprint density at radius 3 is 2.31 bits per heavy atom. The summed E-state index contributed by atoms with van der Waals surface area (Å²) in [5, 5.41) is 0. The molecule has 1 aliphatic carbocycles. The number of esters is 1. The lowest BCUT2D eigenvalue weighted by atomic mass is 9.81. The van der Waals surface area contributed by atoms with E-state index in [1.54, 1.807) is 0 Å². The summed E-state index contributed by atoms with van der Waals surface area (Å²) < 4.78 is 23.3. The van der Waals surface area contributed by atoms with Gasteiger partial charge in [0, 0.05) is 0 Å². The number of hydrogen-bond donors (Lipinski definition) is 0. The van der Waals surface area contributed by atoms with E-state index in [-0.39, 0.29) is 5.97 Å². The van der Waals surface area contributed by atoms with Gasteiger partial charge in [-0.15, -0.1) is 0 Å². The summed E-state index contributed by atoms with van der Waals surface area (Å²) in [6, 6.07) is 5.92. The highest BCUT2D eigenvalue weighted by Gasteiger charge is 2.23. The molecule has 1 aromatic rings. The second-order valence-electron chi connectivity index (χ2n) is 10.8. The summed E-state index contributed by atoms with van der Waals surface area (Å²) in [6.45, 7) is 16.2. The highest BCUT2D eigenvalue weighted by atomic mass is 16.7. The summed E-state index contributed by atoms with van der Waals surface area (Å²) >= 11 is 0. The highest BCUT2D eigenvalue weighted by molar-refractivity contribution is 5.92. The van der Waals surface area contributed by atoms with Crippen LogP contribution < -0.4 is 4.74 Å². The molecule has 0 saturated heterocycles. The van der Waals surface area contributed by atoms with E-state index in [2.05, 4.69) is 40.7 Å². The zero-order valence-corrected chi connectivity index (χ0v) is 23.3. The van der Waals surface area contributed by atoms with Crippen molar-refractivity contribution in [3.63, 3.8) is 0 Å². The van der Waals surface area contributed by atoms with Gasteiger partial charge in [0.2, 0.25) is 0 Å². The maximum absolute atomic E-state index is 12.8. The van der Waals surface area contributed by atoms with Crippen LogP contribution in [0.5, 0.6) is 5.75 Å². The fraction of sp³-hybridized carbons (Fsp3) is 0.767. The first-order chi connectivity index (χ1) is 16.7. The van der Waals surface area contributed by atoms with Gasteiger partial charge in [-0.1, -0.05) is 53.5 Å². The van der Waals surface area contributed by atoms with Crippen molar-refractivity contribution in [3.05, 3.63) is 29.3 Å². The van der Waals surface area contributed by atoms with Gasteiger partial charge < -0.3 is 18.9 Å². The van der Waals surface area contributed by atoms with Crippen molar-refractivity contribution in [1.29, 1.82) is 0 Å². The van der Waals surface area contributed by atoms with E-state index in [0.29, 0.717) is 55.0 Å². The lowest BCUT2D eigenvalue weighted by molar-refractivity contribution is -0.0954. The second kappa shape index (κ2) is 15.5. The maximum Gasteiger partial charge on any atom is 0.341 e. The molecule has 1 aromatic carbocycles. The monoisotopic (exact) mass is 490 g/mol. The Hall–Kier alpha value is -1.59. The molecular weight excluding hydrogens is 440 g/mol. The zero-order valence-electron chi connectivity index (χ0n) is 23.3. The van der Waals surface area contributed by atoms with Crippen LogP contribution in [0.1, 0.15) is 115 Å². The number of carbonyl (C=O) groups is 1. The summed E-state index contributed by atoms with van der Waals surface area (Å²) in [5.74, 6) is 2.45. The predicted molar refractivity (Wildman–Crippen MR) is 142 cm³/mol. The van der Waals surface area contributed by atoms with Crippen LogP contribution in [0, 0.1) is 17.8 Å². The molecule has 2 rings (SSSR count). The average molecular weight is 491 g/mol. The van der Waals surface area contributed by atoms with Gasteiger partial charge in [-0.25, -0.2) is 4.79 Å². The van der Waals surface area contributed by atoms with Gasteiger partial charge in [0.1, 0.15) is 11.3 Å². The van der Waals surface area contributed by atoms with Gasteiger partial charge >= 0.3 is 5.97 Å². The van der Waals surface area contributed by atoms with Crippen LogP contribution in [0.2, 0.25) is 0 Å². The fourth-order valence-corrected chi connectivity index (χ4v) is 5.19. The minimum Gasteiger partial charge on any atom is -0.464 e. The van der Waals surface area contributed by atoms with Crippen molar-refractivity contribution < 1.29 is 23.7 Å². The van der Waals surface area contributed by atoms with E-state index in [0.717, 1.165) is 30.7 Å². The highest BCUT2D eigenvalue weighted by Crippen LogP contribution is 2.34. The molecular formula is C30H50O5. The van der Waals surface area contributed by atoms with Crippen molar-refractivity contribution in [2.45, 2.75) is 112 Å². The minimum atomic E-state index is -0.491. The second-order valence-corrected chi connectivity index (χ2v) is 10.8. The fourth-order valence-electron chi connectivity index (χ4n) is 5.19. The summed E-state index contributed by atoms with van der Waals surface area (Å²) in [6.07, 6.45) is 8.41. The summed E-state index contributed by atoms with van der Waals surface area (Å²) in [7, 11) is 0. The molecule has 0 heterocycles. The van der Waals surface area contributed by atoms with Crippen LogP contribution >= 0.6 is 0 Å². The molecule has 2 unspecified atom stereocenters. The third kappa shape index (κ3) is 10.1. The Morgan fingerprint density at radius 2 is 1.71 bits per heavy atom. The first-order valence-corrected chi connectivity index (χ1v) is 14.0. The number of hydrogen-bond acceptors (Lipinski definition) is 5. The topological polar surface area (TPSA) is 54.0 Å². The standard InChI is InChI=1S/C30H50O5/c1-8-10-24-11-14-26(15-12-24)34-18-17-33-23(7)35-29-16-13-25(20-28(29)30(31)32-9-2)27(22(5)6)19-21(3)4/h13,16,20-24,26-27H,8-12,14-15,17-19H2,1-7H3. The molecule has 0 aliphatic heterocycles. The van der Waals surface area contributed by atoms with Crippen molar-refractivity contribution in [1.82, 2.24) is 0 Å². The summed E-state index contributed by atoms with van der Waals surface area (Å²) in [5.41, 5.74) is 1.62. The number of carbonyl (C=O) groups excluding carboxylic acids is 1. The number of ether oxygens (including phenoxy) is 4. The van der Waals surface area contributed by atoms with Gasteiger partial charge in [-0.05, 0) is 87.3 Å². The molecule has 0 aromatic heterocycles. The molecule has 1 aliphatic rings. The number of rotatable bonds is 15. The molecule has 0 spiro atoms. The average Bonchev–Trinajstić information content (AvgIpc) is 2.81. The molecule has 1 fully saturated rings. The van der Waals surface area contributed by atoms with E-state index in [4.69, 9.17) is 18.9 Å². The van der Waals surface area contributed by atoms with Crippen LogP contribution in [-0.4, -0.2) is 38.2 Å². The lowest BCUT2D eigenvalue weighted by Gasteiger charge is -2.28. The van der Waals surface area contributed by atoms with Crippen molar-refractivity contribution in [2.75, 3.05) is 19.8 Å². The SMILES string of the molecule is CCCC1CCC(OCCOC(C)Oc2ccc(C(CC(C)C)C(C)C)cc2C(=O)OCC)CC1. The van der Waals surface area contributed by atoms with Crippen LogP contribution in [0.4, 0.5) is 0 Å². The van der Waals surface area contributed by atoms with Gasteiger partial charge in [0.25, 0.3) is 0 Å². The van der Waals surface area contributed by atoms with Gasteiger partial charge in [0.15, 0.2) is 6.29 Å². The van der Waals surface area contributed by atoms with Crippen molar-refractivity contribution in [3.8, 4) is 5.75 Å². The molecule has 1 saturated carbocycles. The van der Waals surface area contributed by atoms with Gasteiger partial charge in [-0.3, -0.25) is 0 Å². The Labute approximate surface area is 214 Å². The minimum absolute atomic E-state index is 0.325. The molecule has 35 heavy (non-hydrogen) atoms. The molecule has 200 valence electrons. The van der Waals surface area contributed by atoms with E-state index in [1.165, 1.54) is 25.7 Å². The van der Waals surface area contributed by atoms with Crippen molar-refractivity contribution in [2.24, 2.45) is 17.8 Å². The first-order valence-electron chi connectivity index (χ1n) is 14.0. The molecule has 0 amide bonds. The lowest BCUT2D eigenvalue weighted by Crippen LogP contribution is -2.25. The van der Waals surface area contributed by atoms with Gasteiger partial charge in [-0.2, -0.15) is 0 Å². The zero-order chi connectivity index (χ0) is 25.8. The molecule has 0 N–H and O–H groups in total. The largest absolute Gasteiger partial charge is 0.464 e. The normalized spacial score (nSPS) is 20.1. The first kappa shape index (κ1) is 29.6. The quantitative estimate of drug-likeness (QED) is 0.143. The summed E-state index contributed by atoms with van der Waals surface area (Å²) in [4.78, 5) is 12.8. The van der Waals surface area contributed by atoms with Crippen LogP contribution in [0.15, 0.2) is 18.2 Å². The Morgan fingerprint density at radius 1 is 1.00 bits per heavy atom. The van der Waals surface area contributed by atoms with Crippen molar-refractivity contribution >= 4 is 5.97 Å². The number of benzene rings is 1. The molecule has 5 heteroatoms. The molecule has 0 radical (unpaired) electrons. The molecule has 0 bridgehead atoms. The Balaban J connectivity index is 1.93. The van der Waals surface area contributed by atoms with Gasteiger partial charge in [0.05, 0.1) is 25.9 Å². The molecule has 5 nitrogen and oxygen atoms in total. The Kier molecular flexibility index (Phi) is 13.1. The van der Waals surface area contributed by atoms with E-state index in [9.17, 15) is 4.79 Å². The van der Waals surface area contributed by atoms with Crippen LogP contribution in [-0.2, 0) is 14.2 Å². The third-order valence-electron chi connectivity index (χ3n) is 7.03. The van der Waals surface area contributed by atoms with Crippen LogP contribution in [0.3, 0.4) is 0 Å². The predicted octanol–water partition coefficient (Wildman–Crippen LogP) is 7.77. The smallest absolute Gasteiger partial charge is 0.341 e.